The first-order chi connectivity index (χ1) is 18.1. The zero-order valence-electron chi connectivity index (χ0n) is 20.9. The van der Waals surface area contributed by atoms with Gasteiger partial charge in [-0.1, -0.05) is 60.2 Å². The number of rotatable bonds is 6. The molecule has 0 aromatic heterocycles. The molecule has 38 heavy (non-hydrogen) atoms. The van der Waals surface area contributed by atoms with Crippen molar-refractivity contribution < 1.29 is 28.0 Å². The van der Waals surface area contributed by atoms with Crippen LogP contribution in [0.3, 0.4) is 0 Å². The van der Waals surface area contributed by atoms with Gasteiger partial charge in [0.05, 0.1) is 34.8 Å². The Hall–Kier alpha value is -3.76. The van der Waals surface area contributed by atoms with E-state index in [1.54, 1.807) is 67.6 Å². The molecule has 0 saturated heterocycles. The maximum atomic E-state index is 14.3. The van der Waals surface area contributed by atoms with Crippen LogP contribution in [0, 0.1) is 23.0 Å². The number of nitro groups is 1. The van der Waals surface area contributed by atoms with Gasteiger partial charge >= 0.3 is 5.97 Å². The number of para-hydroxylation sites is 1. The summed E-state index contributed by atoms with van der Waals surface area (Å²) in [5, 5.41) is 24.7. The predicted molar refractivity (Wildman–Crippen MR) is 140 cm³/mol. The number of nitrogens with zero attached hydrogens (tertiary/aromatic N) is 2. The lowest BCUT2D eigenvalue weighted by atomic mass is 9.61. The Morgan fingerprint density at radius 3 is 2.34 bits per heavy atom. The molecule has 1 aliphatic heterocycles. The summed E-state index contributed by atoms with van der Waals surface area (Å²) in [5.41, 5.74) is -0.362. The zero-order valence-corrected chi connectivity index (χ0v) is 21.7. The van der Waals surface area contributed by atoms with Gasteiger partial charge in [-0.25, -0.2) is 8.42 Å². The highest BCUT2D eigenvalue weighted by molar-refractivity contribution is 7.93. The molecule has 5 rings (SSSR count). The second-order valence-corrected chi connectivity index (χ2v) is 11.5. The number of aliphatic hydroxyl groups excluding tert-OH is 1. The summed E-state index contributed by atoms with van der Waals surface area (Å²) in [4.78, 5) is 26.1. The molecule has 0 amide bonds. The van der Waals surface area contributed by atoms with E-state index in [-0.39, 0.29) is 29.2 Å². The van der Waals surface area contributed by atoms with Crippen molar-refractivity contribution in [2.24, 2.45) is 5.92 Å². The third kappa shape index (κ3) is 3.70. The molecule has 1 saturated carbocycles. The summed E-state index contributed by atoms with van der Waals surface area (Å²) in [7, 11) is -4.41. The average molecular weight is 537 g/mol. The molecule has 198 valence electrons. The molecule has 9 nitrogen and oxygen atoms in total. The molecule has 3 aromatic rings. The Balaban J connectivity index is 1.85. The van der Waals surface area contributed by atoms with Crippen molar-refractivity contribution in [3.63, 3.8) is 0 Å². The lowest BCUT2D eigenvalue weighted by Gasteiger charge is -2.46. The SMILES string of the molecule is CCOC(=O)[C@@H]1[C@@H](O)C[C@@H](c2ccccc2)[C@]2([N+](=O)[O-])c3ccccc3N(S(=O)(=O)c3ccc(C)cc3)[C@H]12. The van der Waals surface area contributed by atoms with Gasteiger partial charge in [0.1, 0.15) is 12.0 Å². The van der Waals surface area contributed by atoms with Gasteiger partial charge in [-0.15, -0.1) is 0 Å². The smallest absolute Gasteiger partial charge is 0.314 e. The Labute approximate surface area is 220 Å². The van der Waals surface area contributed by atoms with Crippen molar-refractivity contribution in [1.82, 2.24) is 0 Å². The molecule has 0 unspecified atom stereocenters. The van der Waals surface area contributed by atoms with Crippen LogP contribution in [-0.2, 0) is 25.1 Å². The van der Waals surface area contributed by atoms with E-state index in [0.717, 1.165) is 9.87 Å². The van der Waals surface area contributed by atoms with Gasteiger partial charge in [0.2, 0.25) is 0 Å². The Morgan fingerprint density at radius 1 is 1.08 bits per heavy atom. The number of benzene rings is 3. The summed E-state index contributed by atoms with van der Waals surface area (Å²) in [6.45, 7) is 3.38. The number of anilines is 1. The van der Waals surface area contributed by atoms with E-state index in [1.807, 2.05) is 6.92 Å². The molecule has 2 aliphatic rings. The lowest BCUT2D eigenvalue weighted by molar-refractivity contribution is -0.591. The van der Waals surface area contributed by atoms with Gasteiger partial charge in [-0.3, -0.25) is 19.2 Å². The van der Waals surface area contributed by atoms with Crippen LogP contribution in [-0.4, -0.2) is 43.2 Å². The van der Waals surface area contributed by atoms with Crippen LogP contribution in [0.25, 0.3) is 0 Å². The van der Waals surface area contributed by atoms with Crippen molar-refractivity contribution in [2.75, 3.05) is 10.9 Å². The lowest BCUT2D eigenvalue weighted by Crippen LogP contribution is -2.65. The number of hydrogen-bond donors (Lipinski definition) is 1. The highest BCUT2D eigenvalue weighted by atomic mass is 32.2. The van der Waals surface area contributed by atoms with Gasteiger partial charge < -0.3 is 9.84 Å². The first-order valence-corrected chi connectivity index (χ1v) is 13.8. The number of esters is 1. The van der Waals surface area contributed by atoms with Crippen molar-refractivity contribution >= 4 is 21.7 Å². The summed E-state index contributed by atoms with van der Waals surface area (Å²) >= 11 is 0. The molecule has 1 fully saturated rings. The maximum Gasteiger partial charge on any atom is 0.314 e. The van der Waals surface area contributed by atoms with Crippen LogP contribution in [0.5, 0.6) is 0 Å². The molecule has 1 N–H and O–H groups in total. The van der Waals surface area contributed by atoms with Crippen LogP contribution in [0.1, 0.15) is 36.0 Å². The quantitative estimate of drug-likeness (QED) is 0.289. The fourth-order valence-corrected chi connectivity index (χ4v) is 7.84. The minimum atomic E-state index is -4.41. The average Bonchev–Trinajstić information content (AvgIpc) is 3.21. The Morgan fingerprint density at radius 2 is 1.71 bits per heavy atom. The van der Waals surface area contributed by atoms with Crippen LogP contribution < -0.4 is 4.31 Å². The number of fused-ring (bicyclic) bond motifs is 3. The van der Waals surface area contributed by atoms with Crippen LogP contribution >= 0.6 is 0 Å². The van der Waals surface area contributed by atoms with E-state index in [2.05, 4.69) is 0 Å². The number of carbonyl (C=O) groups excluding carboxylic acids is 1. The molecule has 5 atom stereocenters. The Bertz CT molecular complexity index is 1480. The van der Waals surface area contributed by atoms with E-state index in [9.17, 15) is 28.4 Å². The number of carbonyl (C=O) groups is 1. The minimum Gasteiger partial charge on any atom is -0.466 e. The molecule has 0 bridgehead atoms. The second kappa shape index (κ2) is 9.52. The summed E-state index contributed by atoms with van der Waals surface area (Å²) in [5.74, 6) is -3.30. The first-order valence-electron chi connectivity index (χ1n) is 12.4. The molecule has 1 heterocycles. The van der Waals surface area contributed by atoms with E-state index in [1.165, 1.54) is 18.2 Å². The van der Waals surface area contributed by atoms with Crippen molar-refractivity contribution in [3.05, 3.63) is 106 Å². The standard InChI is InChI=1S/C28H28N2O7S/c1-3-37-27(32)25-24(31)17-22(19-9-5-4-6-10-19)28(30(33)34)21-11-7-8-12-23(21)29(26(25)28)38(35,36)20-15-13-18(2)14-16-20/h4-16,22,24-26,31H,3,17H2,1-2H3/t22-,24-,25+,26+,28+/m0/s1. The number of aliphatic hydroxyl groups is 1. The third-order valence-electron chi connectivity index (χ3n) is 7.68. The molecule has 10 heteroatoms. The fourth-order valence-electron chi connectivity index (χ4n) is 6.12. The van der Waals surface area contributed by atoms with Crippen molar-refractivity contribution in [3.8, 4) is 0 Å². The highest BCUT2D eigenvalue weighted by Crippen LogP contribution is 2.61. The summed E-state index contributed by atoms with van der Waals surface area (Å²) in [6, 6.07) is 19.6. The van der Waals surface area contributed by atoms with E-state index in [4.69, 9.17) is 4.74 Å². The number of sulfonamides is 1. The largest absolute Gasteiger partial charge is 0.466 e. The van der Waals surface area contributed by atoms with E-state index < -0.39 is 50.4 Å². The Kier molecular flexibility index (Phi) is 6.48. The van der Waals surface area contributed by atoms with Crippen LogP contribution in [0.4, 0.5) is 5.69 Å². The predicted octanol–water partition coefficient (Wildman–Crippen LogP) is 3.77. The number of aryl methyl sites for hydroxylation is 1. The van der Waals surface area contributed by atoms with Gasteiger partial charge in [-0.05, 0) is 50.1 Å². The third-order valence-corrected chi connectivity index (χ3v) is 9.49. The normalized spacial score (nSPS) is 26.3. The first kappa shape index (κ1) is 25.9. The molecular weight excluding hydrogens is 508 g/mol. The zero-order chi connectivity index (χ0) is 27.2. The molecule has 1 aliphatic carbocycles. The monoisotopic (exact) mass is 536 g/mol. The molecule has 0 spiro atoms. The van der Waals surface area contributed by atoms with Gasteiger partial charge in [0.25, 0.3) is 15.6 Å². The van der Waals surface area contributed by atoms with E-state index in [0.29, 0.717) is 5.56 Å². The number of ether oxygens (including phenoxy) is 1. The molecule has 3 aromatic carbocycles. The number of hydrogen-bond acceptors (Lipinski definition) is 7. The fraction of sp³-hybridized carbons (Fsp3) is 0.321. The van der Waals surface area contributed by atoms with Gasteiger partial charge in [-0.2, -0.15) is 0 Å². The summed E-state index contributed by atoms with van der Waals surface area (Å²) in [6.07, 6.45) is -1.51. The van der Waals surface area contributed by atoms with Crippen LogP contribution in [0.2, 0.25) is 0 Å². The molecular formula is C28H28N2O7S. The topological polar surface area (TPSA) is 127 Å². The molecule has 0 radical (unpaired) electrons. The second-order valence-electron chi connectivity index (χ2n) is 9.70. The van der Waals surface area contributed by atoms with Crippen molar-refractivity contribution in [1.29, 1.82) is 0 Å². The maximum absolute atomic E-state index is 14.3. The van der Waals surface area contributed by atoms with Crippen molar-refractivity contribution in [2.45, 2.75) is 48.8 Å². The minimum absolute atomic E-state index is 0.0278. The van der Waals surface area contributed by atoms with E-state index >= 15 is 0 Å². The highest BCUT2D eigenvalue weighted by Gasteiger charge is 2.74. The van der Waals surface area contributed by atoms with Gasteiger partial charge in [0, 0.05) is 4.92 Å². The summed E-state index contributed by atoms with van der Waals surface area (Å²) < 4.78 is 34.8. The van der Waals surface area contributed by atoms with Crippen LogP contribution in [0.15, 0.2) is 83.8 Å². The van der Waals surface area contributed by atoms with Gasteiger partial charge in [0.15, 0.2) is 0 Å².